The van der Waals surface area contributed by atoms with Gasteiger partial charge in [0.05, 0.1) is 11.9 Å². The van der Waals surface area contributed by atoms with Crippen LogP contribution in [0.4, 0.5) is 5.69 Å². The van der Waals surface area contributed by atoms with Gasteiger partial charge in [-0.05, 0) is 44.2 Å². The second-order valence-corrected chi connectivity index (χ2v) is 10.3. The van der Waals surface area contributed by atoms with Crippen molar-refractivity contribution in [2.24, 2.45) is 5.41 Å². The molecule has 1 rings (SSSR count). The van der Waals surface area contributed by atoms with Crippen molar-refractivity contribution in [2.45, 2.75) is 66.0 Å². The third-order valence-electron chi connectivity index (χ3n) is 3.77. The number of hydrogen-bond acceptors (Lipinski definition) is 3. The molecule has 0 saturated carbocycles. The lowest BCUT2D eigenvalue weighted by molar-refractivity contribution is -0.124. The zero-order valence-electron chi connectivity index (χ0n) is 16.5. The smallest absolute Gasteiger partial charge is 0.244 e. The number of nitrogens with zero attached hydrogens (tertiary/aromatic N) is 1. The third-order valence-corrected chi connectivity index (χ3v) is 4.95. The van der Waals surface area contributed by atoms with Crippen LogP contribution in [-0.2, 0) is 14.8 Å². The summed E-state index contributed by atoms with van der Waals surface area (Å²) in [4.78, 5) is 12.9. The van der Waals surface area contributed by atoms with Gasteiger partial charge in [0.15, 0.2) is 0 Å². The van der Waals surface area contributed by atoms with E-state index in [1.165, 1.54) is 4.31 Å². The molecular formula is C19H32N2O3S. The van der Waals surface area contributed by atoms with E-state index in [1.54, 1.807) is 24.3 Å². The highest BCUT2D eigenvalue weighted by Crippen LogP contribution is 2.28. The molecule has 1 amide bonds. The Morgan fingerprint density at radius 3 is 2.04 bits per heavy atom. The lowest BCUT2D eigenvalue weighted by Crippen LogP contribution is -2.55. The van der Waals surface area contributed by atoms with E-state index in [1.807, 2.05) is 26.8 Å². The van der Waals surface area contributed by atoms with Crippen LogP contribution in [0.15, 0.2) is 30.3 Å². The van der Waals surface area contributed by atoms with E-state index in [9.17, 15) is 13.2 Å². The first kappa shape index (κ1) is 21.5. The molecule has 0 bridgehead atoms. The molecule has 1 aromatic carbocycles. The number of para-hydroxylation sites is 1. The maximum atomic E-state index is 12.9. The average Bonchev–Trinajstić information content (AvgIpc) is 2.40. The topological polar surface area (TPSA) is 66.5 Å². The summed E-state index contributed by atoms with van der Waals surface area (Å²) in [5.74, 6) is -0.272. The van der Waals surface area contributed by atoms with Crippen LogP contribution in [0.2, 0.25) is 0 Å². The van der Waals surface area contributed by atoms with E-state index in [4.69, 9.17) is 0 Å². The summed E-state index contributed by atoms with van der Waals surface area (Å²) in [6, 6.07) is 7.98. The monoisotopic (exact) mass is 368 g/mol. The minimum Gasteiger partial charge on any atom is -0.349 e. The number of carbonyl (C=O) groups excluding carboxylic acids is 1. The molecule has 1 unspecified atom stereocenters. The minimum absolute atomic E-state index is 0.0500. The predicted molar refractivity (Wildman–Crippen MR) is 104 cm³/mol. The Morgan fingerprint density at radius 1 is 1.12 bits per heavy atom. The molecule has 6 heteroatoms. The molecule has 142 valence electrons. The van der Waals surface area contributed by atoms with Gasteiger partial charge in [-0.3, -0.25) is 9.10 Å². The van der Waals surface area contributed by atoms with Crippen LogP contribution in [0.1, 0.15) is 54.4 Å². The first-order valence-electron chi connectivity index (χ1n) is 8.63. The first-order chi connectivity index (χ1) is 11.3. The fourth-order valence-electron chi connectivity index (χ4n) is 3.42. The van der Waals surface area contributed by atoms with Gasteiger partial charge in [0, 0.05) is 5.54 Å². The fourth-order valence-corrected chi connectivity index (χ4v) is 4.63. The van der Waals surface area contributed by atoms with Crippen molar-refractivity contribution in [1.29, 1.82) is 0 Å². The van der Waals surface area contributed by atoms with E-state index in [0.29, 0.717) is 12.1 Å². The highest BCUT2D eigenvalue weighted by atomic mass is 32.2. The summed E-state index contributed by atoms with van der Waals surface area (Å²) < 4.78 is 26.0. The summed E-state index contributed by atoms with van der Waals surface area (Å²) in [6.07, 6.45) is 2.31. The van der Waals surface area contributed by atoms with Gasteiger partial charge in [-0.2, -0.15) is 0 Å². The standard InChI is InChI=1S/C19H32N2O3S/c1-8-16(17(22)20-19(5,6)14-18(2,3)4)21(25(7,23)24)15-12-10-9-11-13-15/h9-13,16H,8,14H2,1-7H3,(H,20,22). The molecule has 25 heavy (non-hydrogen) atoms. The van der Waals surface area contributed by atoms with Gasteiger partial charge in [-0.15, -0.1) is 0 Å². The number of nitrogens with one attached hydrogen (secondary N) is 1. The molecule has 0 saturated heterocycles. The Labute approximate surface area is 152 Å². The fraction of sp³-hybridized carbons (Fsp3) is 0.632. The number of rotatable bonds is 7. The van der Waals surface area contributed by atoms with Crippen LogP contribution < -0.4 is 9.62 Å². The molecule has 0 spiro atoms. The van der Waals surface area contributed by atoms with Crippen LogP contribution in [0.5, 0.6) is 0 Å². The molecule has 1 atom stereocenters. The second kappa shape index (κ2) is 7.77. The number of amides is 1. The molecule has 0 radical (unpaired) electrons. The van der Waals surface area contributed by atoms with Crippen molar-refractivity contribution in [3.63, 3.8) is 0 Å². The zero-order chi connectivity index (χ0) is 19.5. The van der Waals surface area contributed by atoms with Gasteiger partial charge in [0.2, 0.25) is 15.9 Å². The summed E-state index contributed by atoms with van der Waals surface area (Å²) in [5.41, 5.74) is 0.123. The normalized spacial score (nSPS) is 14.0. The van der Waals surface area contributed by atoms with Gasteiger partial charge in [0.25, 0.3) is 0 Å². The van der Waals surface area contributed by atoms with Crippen molar-refractivity contribution in [1.82, 2.24) is 5.32 Å². The van der Waals surface area contributed by atoms with E-state index in [2.05, 4.69) is 26.1 Å². The number of sulfonamides is 1. The van der Waals surface area contributed by atoms with Crippen molar-refractivity contribution in [2.75, 3.05) is 10.6 Å². The van der Waals surface area contributed by atoms with E-state index >= 15 is 0 Å². The molecule has 0 aromatic heterocycles. The largest absolute Gasteiger partial charge is 0.349 e. The van der Waals surface area contributed by atoms with Crippen molar-refractivity contribution in [3.8, 4) is 0 Å². The molecule has 0 fully saturated rings. The van der Waals surface area contributed by atoms with Crippen LogP contribution in [0, 0.1) is 5.41 Å². The first-order valence-corrected chi connectivity index (χ1v) is 10.5. The molecule has 1 N–H and O–H groups in total. The summed E-state index contributed by atoms with van der Waals surface area (Å²) in [5, 5.41) is 3.04. The van der Waals surface area contributed by atoms with Crippen molar-refractivity contribution < 1.29 is 13.2 Å². The zero-order valence-corrected chi connectivity index (χ0v) is 17.3. The molecule has 0 heterocycles. The highest BCUT2D eigenvalue weighted by Gasteiger charge is 2.35. The quantitative estimate of drug-likeness (QED) is 0.800. The van der Waals surface area contributed by atoms with Crippen LogP contribution >= 0.6 is 0 Å². The number of anilines is 1. The molecule has 0 aliphatic carbocycles. The lowest BCUT2D eigenvalue weighted by atomic mass is 9.81. The molecule has 0 aliphatic heterocycles. The van der Waals surface area contributed by atoms with E-state index in [-0.39, 0.29) is 11.3 Å². The van der Waals surface area contributed by atoms with E-state index < -0.39 is 21.6 Å². The lowest BCUT2D eigenvalue weighted by Gasteiger charge is -2.36. The number of benzene rings is 1. The highest BCUT2D eigenvalue weighted by molar-refractivity contribution is 7.92. The Balaban J connectivity index is 3.14. The van der Waals surface area contributed by atoms with Crippen LogP contribution in [-0.4, -0.2) is 32.2 Å². The Morgan fingerprint density at radius 2 is 1.64 bits per heavy atom. The summed E-state index contributed by atoms with van der Waals surface area (Å²) >= 11 is 0. The SMILES string of the molecule is CCC(C(=O)NC(C)(C)CC(C)(C)C)N(c1ccccc1)S(C)(=O)=O. The van der Waals surface area contributed by atoms with Crippen LogP contribution in [0.3, 0.4) is 0 Å². The van der Waals surface area contributed by atoms with Gasteiger partial charge in [-0.1, -0.05) is 45.9 Å². The van der Waals surface area contributed by atoms with E-state index in [0.717, 1.165) is 12.7 Å². The van der Waals surface area contributed by atoms with Crippen molar-refractivity contribution in [3.05, 3.63) is 30.3 Å². The molecule has 5 nitrogen and oxygen atoms in total. The minimum atomic E-state index is -3.59. The summed E-state index contributed by atoms with van der Waals surface area (Å²) in [7, 11) is -3.59. The van der Waals surface area contributed by atoms with Gasteiger partial charge >= 0.3 is 0 Å². The Hall–Kier alpha value is -1.56. The molecule has 0 aliphatic rings. The number of hydrogen-bond donors (Lipinski definition) is 1. The summed E-state index contributed by atoms with van der Waals surface area (Å²) in [6.45, 7) is 12.1. The van der Waals surface area contributed by atoms with Crippen LogP contribution in [0.25, 0.3) is 0 Å². The Bertz CT molecular complexity index is 676. The van der Waals surface area contributed by atoms with Gasteiger partial charge in [-0.25, -0.2) is 8.42 Å². The third kappa shape index (κ3) is 6.69. The van der Waals surface area contributed by atoms with Gasteiger partial charge < -0.3 is 5.32 Å². The molecular weight excluding hydrogens is 336 g/mol. The van der Waals surface area contributed by atoms with Gasteiger partial charge in [0.1, 0.15) is 6.04 Å². The molecule has 1 aromatic rings. The Kier molecular flexibility index (Phi) is 6.68. The number of carbonyl (C=O) groups is 1. The predicted octanol–water partition coefficient (Wildman–Crippen LogP) is 3.56. The maximum Gasteiger partial charge on any atom is 0.244 e. The maximum absolute atomic E-state index is 12.9. The average molecular weight is 369 g/mol. The van der Waals surface area contributed by atoms with Crippen molar-refractivity contribution >= 4 is 21.6 Å². The second-order valence-electron chi connectivity index (χ2n) is 8.43.